The van der Waals surface area contributed by atoms with E-state index in [0.29, 0.717) is 50.9 Å². The van der Waals surface area contributed by atoms with Gasteiger partial charge in [-0.25, -0.2) is 8.42 Å². The molecule has 0 aliphatic carbocycles. The first-order valence-electron chi connectivity index (χ1n) is 9.35. The molecule has 1 saturated heterocycles. The van der Waals surface area contributed by atoms with Crippen LogP contribution in [0.5, 0.6) is 11.5 Å². The topological polar surface area (TPSA) is 59.1 Å². The molecule has 150 valence electrons. The Kier molecular flexibility index (Phi) is 5.51. The summed E-state index contributed by atoms with van der Waals surface area (Å²) in [7, 11) is -3.57. The van der Waals surface area contributed by atoms with Crippen molar-refractivity contribution in [1.82, 2.24) is 9.21 Å². The number of benzene rings is 2. The molecule has 0 spiro atoms. The van der Waals surface area contributed by atoms with Gasteiger partial charge in [0.05, 0.1) is 4.90 Å². The molecule has 0 amide bonds. The molecule has 2 aliphatic rings. The molecule has 2 heterocycles. The van der Waals surface area contributed by atoms with Gasteiger partial charge in [0.1, 0.15) is 13.2 Å². The Morgan fingerprint density at radius 2 is 1.64 bits per heavy atom. The highest BCUT2D eigenvalue weighted by molar-refractivity contribution is 7.89. The van der Waals surface area contributed by atoms with Crippen LogP contribution >= 0.6 is 11.6 Å². The summed E-state index contributed by atoms with van der Waals surface area (Å²) in [6.45, 7) is 5.18. The van der Waals surface area contributed by atoms with Gasteiger partial charge in [-0.05, 0) is 30.7 Å². The van der Waals surface area contributed by atoms with E-state index in [1.165, 1.54) is 4.31 Å². The van der Waals surface area contributed by atoms with E-state index in [0.717, 1.165) is 10.6 Å². The van der Waals surface area contributed by atoms with E-state index in [1.807, 2.05) is 24.3 Å². The first kappa shape index (κ1) is 19.5. The average molecular weight is 423 g/mol. The van der Waals surface area contributed by atoms with E-state index >= 15 is 0 Å². The Morgan fingerprint density at radius 3 is 2.36 bits per heavy atom. The van der Waals surface area contributed by atoms with Crippen molar-refractivity contribution >= 4 is 21.6 Å². The van der Waals surface area contributed by atoms with E-state index in [9.17, 15) is 8.42 Å². The monoisotopic (exact) mass is 422 g/mol. The summed E-state index contributed by atoms with van der Waals surface area (Å²) < 4.78 is 38.7. The number of piperazine rings is 1. The van der Waals surface area contributed by atoms with Crippen LogP contribution in [-0.2, 0) is 10.0 Å². The molecule has 4 rings (SSSR count). The largest absolute Gasteiger partial charge is 0.486 e. The second-order valence-corrected chi connectivity index (χ2v) is 9.29. The summed E-state index contributed by atoms with van der Waals surface area (Å²) >= 11 is 6.32. The maximum absolute atomic E-state index is 13.1. The van der Waals surface area contributed by atoms with Crippen LogP contribution in [-0.4, -0.2) is 57.0 Å². The summed E-state index contributed by atoms with van der Waals surface area (Å²) in [4.78, 5) is 2.50. The number of hydrogen-bond acceptors (Lipinski definition) is 5. The van der Waals surface area contributed by atoms with Crippen LogP contribution in [0, 0.1) is 0 Å². The first-order chi connectivity index (χ1) is 13.5. The van der Waals surface area contributed by atoms with Gasteiger partial charge in [0.15, 0.2) is 11.5 Å². The molecule has 6 nitrogen and oxygen atoms in total. The number of rotatable bonds is 4. The third-order valence-electron chi connectivity index (χ3n) is 5.33. The SMILES string of the molecule is C[C@@H](c1ccccc1Cl)N1CCN(S(=O)(=O)c2ccc3c(c2)OCCO3)CC1. The summed E-state index contributed by atoms with van der Waals surface area (Å²) in [5.41, 5.74) is 1.06. The third kappa shape index (κ3) is 3.72. The van der Waals surface area contributed by atoms with Gasteiger partial charge < -0.3 is 9.47 Å². The third-order valence-corrected chi connectivity index (χ3v) is 7.57. The highest BCUT2D eigenvalue weighted by Crippen LogP contribution is 2.34. The standard InChI is InChI=1S/C20H23ClN2O4S/c1-15(17-4-2-3-5-18(17)21)22-8-10-23(11-9-22)28(24,25)16-6-7-19-20(14-16)27-13-12-26-19/h2-7,14-15H,8-13H2,1H3/t15-/m0/s1. The summed E-state index contributed by atoms with van der Waals surface area (Å²) in [5.74, 6) is 1.07. The Hall–Kier alpha value is -1.80. The van der Waals surface area contributed by atoms with E-state index in [4.69, 9.17) is 21.1 Å². The minimum absolute atomic E-state index is 0.132. The quantitative estimate of drug-likeness (QED) is 0.757. The molecule has 0 bridgehead atoms. The van der Waals surface area contributed by atoms with E-state index in [-0.39, 0.29) is 10.9 Å². The van der Waals surface area contributed by atoms with Crippen molar-refractivity contribution < 1.29 is 17.9 Å². The van der Waals surface area contributed by atoms with Crippen LogP contribution in [0.25, 0.3) is 0 Å². The average Bonchev–Trinajstić information content (AvgIpc) is 2.73. The van der Waals surface area contributed by atoms with Gasteiger partial charge in [-0.1, -0.05) is 29.8 Å². The van der Waals surface area contributed by atoms with E-state index in [1.54, 1.807) is 18.2 Å². The maximum atomic E-state index is 13.1. The summed E-state index contributed by atoms with van der Waals surface area (Å²) in [6, 6.07) is 12.7. The van der Waals surface area contributed by atoms with E-state index in [2.05, 4.69) is 11.8 Å². The molecule has 8 heteroatoms. The maximum Gasteiger partial charge on any atom is 0.243 e. The predicted octanol–water partition coefficient (Wildman–Crippen LogP) is 3.18. The lowest BCUT2D eigenvalue weighted by molar-refractivity contribution is 0.146. The molecule has 2 aromatic carbocycles. The van der Waals surface area contributed by atoms with Crippen molar-refractivity contribution in [3.63, 3.8) is 0 Å². The van der Waals surface area contributed by atoms with Gasteiger partial charge in [-0.3, -0.25) is 4.90 Å². The normalized spacial score (nSPS) is 19.4. The van der Waals surface area contributed by atoms with Gasteiger partial charge >= 0.3 is 0 Å². The number of fused-ring (bicyclic) bond motifs is 1. The minimum atomic E-state index is -3.57. The number of sulfonamides is 1. The van der Waals surface area contributed by atoms with Crippen molar-refractivity contribution in [2.75, 3.05) is 39.4 Å². The second-order valence-electron chi connectivity index (χ2n) is 6.94. The Balaban J connectivity index is 1.46. The predicted molar refractivity (Wildman–Crippen MR) is 108 cm³/mol. The Bertz CT molecular complexity index is 958. The van der Waals surface area contributed by atoms with Crippen LogP contribution in [0.4, 0.5) is 0 Å². The zero-order chi connectivity index (χ0) is 19.7. The van der Waals surface area contributed by atoms with Crippen molar-refractivity contribution in [1.29, 1.82) is 0 Å². The summed E-state index contributed by atoms with van der Waals surface area (Å²) in [5, 5.41) is 0.737. The molecule has 0 radical (unpaired) electrons. The van der Waals surface area contributed by atoms with Gasteiger partial charge in [-0.15, -0.1) is 0 Å². The molecule has 0 aromatic heterocycles. The highest BCUT2D eigenvalue weighted by atomic mass is 35.5. The molecular weight excluding hydrogens is 400 g/mol. The summed E-state index contributed by atoms with van der Waals surface area (Å²) in [6.07, 6.45) is 0. The Morgan fingerprint density at radius 1 is 0.964 bits per heavy atom. The molecule has 1 fully saturated rings. The van der Waals surface area contributed by atoms with Crippen molar-refractivity contribution in [2.45, 2.75) is 17.9 Å². The molecule has 2 aliphatic heterocycles. The van der Waals surface area contributed by atoms with Crippen LogP contribution < -0.4 is 9.47 Å². The van der Waals surface area contributed by atoms with Crippen molar-refractivity contribution in [3.8, 4) is 11.5 Å². The smallest absolute Gasteiger partial charge is 0.243 e. The van der Waals surface area contributed by atoms with Gasteiger partial charge in [0.25, 0.3) is 0 Å². The number of ether oxygens (including phenoxy) is 2. The lowest BCUT2D eigenvalue weighted by Crippen LogP contribution is -2.49. The van der Waals surface area contributed by atoms with Crippen LogP contribution in [0.1, 0.15) is 18.5 Å². The zero-order valence-electron chi connectivity index (χ0n) is 15.7. The van der Waals surface area contributed by atoms with Crippen LogP contribution in [0.3, 0.4) is 0 Å². The fourth-order valence-corrected chi connectivity index (χ4v) is 5.41. The molecule has 2 aromatic rings. The first-order valence-corrected chi connectivity index (χ1v) is 11.2. The molecule has 28 heavy (non-hydrogen) atoms. The number of halogens is 1. The molecule has 0 unspecified atom stereocenters. The fraction of sp³-hybridized carbons (Fsp3) is 0.400. The zero-order valence-corrected chi connectivity index (χ0v) is 17.2. The van der Waals surface area contributed by atoms with Crippen molar-refractivity contribution in [3.05, 3.63) is 53.1 Å². The fourth-order valence-electron chi connectivity index (χ4n) is 3.68. The number of nitrogens with zero attached hydrogens (tertiary/aromatic N) is 2. The molecular formula is C20H23ClN2O4S. The highest BCUT2D eigenvalue weighted by Gasteiger charge is 2.31. The van der Waals surface area contributed by atoms with E-state index < -0.39 is 10.0 Å². The molecule has 0 saturated carbocycles. The number of hydrogen-bond donors (Lipinski definition) is 0. The second kappa shape index (κ2) is 7.91. The van der Waals surface area contributed by atoms with Gasteiger partial charge in [0.2, 0.25) is 10.0 Å². The van der Waals surface area contributed by atoms with Gasteiger partial charge in [-0.2, -0.15) is 4.31 Å². The Labute approximate surface area is 170 Å². The minimum Gasteiger partial charge on any atom is -0.486 e. The molecule has 0 N–H and O–H groups in total. The lowest BCUT2D eigenvalue weighted by Gasteiger charge is -2.37. The van der Waals surface area contributed by atoms with Crippen LogP contribution in [0.15, 0.2) is 47.4 Å². The van der Waals surface area contributed by atoms with Crippen molar-refractivity contribution in [2.24, 2.45) is 0 Å². The van der Waals surface area contributed by atoms with Crippen LogP contribution in [0.2, 0.25) is 5.02 Å². The lowest BCUT2D eigenvalue weighted by atomic mass is 10.1. The molecule has 1 atom stereocenters. The van der Waals surface area contributed by atoms with Gasteiger partial charge in [0, 0.05) is 43.3 Å².